The Morgan fingerprint density at radius 2 is 1.89 bits per heavy atom. The molecule has 90 valence electrons. The number of hydrogen-bond donors (Lipinski definition) is 0. The number of carbonyl (C=O) groups is 1. The van der Waals surface area contributed by atoms with Gasteiger partial charge in [-0.2, -0.15) is 0 Å². The fourth-order valence-electron chi connectivity index (χ4n) is 2.33. The second-order valence-electron chi connectivity index (χ2n) is 4.33. The minimum absolute atomic E-state index is 0.0176. The summed E-state index contributed by atoms with van der Waals surface area (Å²) in [4.78, 5) is 22.1. The molecule has 0 amide bonds. The van der Waals surface area contributed by atoms with Crippen molar-refractivity contribution in [3.63, 3.8) is 0 Å². The van der Waals surface area contributed by atoms with Gasteiger partial charge in [0, 0.05) is 22.8 Å². The SMILES string of the molecule is O=C1c2cccnc2-c2ncc(-c3cccs3)cc21. The Morgan fingerprint density at radius 1 is 1.00 bits per heavy atom. The van der Waals surface area contributed by atoms with E-state index in [9.17, 15) is 4.79 Å². The number of nitrogens with zero attached hydrogens (tertiary/aromatic N) is 2. The molecule has 0 spiro atoms. The van der Waals surface area contributed by atoms with Crippen molar-refractivity contribution >= 4 is 17.1 Å². The van der Waals surface area contributed by atoms with Crippen LogP contribution in [-0.2, 0) is 0 Å². The van der Waals surface area contributed by atoms with Gasteiger partial charge in [0.05, 0.1) is 11.1 Å². The van der Waals surface area contributed by atoms with E-state index in [0.717, 1.165) is 10.4 Å². The van der Waals surface area contributed by atoms with E-state index >= 15 is 0 Å². The molecule has 0 saturated carbocycles. The van der Waals surface area contributed by atoms with Crippen LogP contribution >= 0.6 is 11.3 Å². The molecule has 19 heavy (non-hydrogen) atoms. The van der Waals surface area contributed by atoms with E-state index in [2.05, 4.69) is 9.97 Å². The third-order valence-electron chi connectivity index (χ3n) is 3.21. The van der Waals surface area contributed by atoms with E-state index in [-0.39, 0.29) is 5.78 Å². The molecule has 4 rings (SSSR count). The lowest BCUT2D eigenvalue weighted by atomic mass is 10.1. The molecule has 1 aliphatic carbocycles. The summed E-state index contributed by atoms with van der Waals surface area (Å²) in [5.74, 6) is 0.0176. The maximum Gasteiger partial charge on any atom is 0.197 e. The number of carbonyl (C=O) groups excluding carboxylic acids is 1. The topological polar surface area (TPSA) is 42.9 Å². The average Bonchev–Trinajstić information content (AvgIpc) is 3.08. The Kier molecular flexibility index (Phi) is 2.13. The monoisotopic (exact) mass is 264 g/mol. The van der Waals surface area contributed by atoms with Gasteiger partial charge in [-0.15, -0.1) is 11.3 Å². The lowest BCUT2D eigenvalue weighted by Gasteiger charge is -2.01. The molecule has 0 saturated heterocycles. The van der Waals surface area contributed by atoms with E-state index in [1.54, 1.807) is 29.7 Å². The van der Waals surface area contributed by atoms with Crippen LogP contribution < -0.4 is 0 Å². The van der Waals surface area contributed by atoms with Crippen molar-refractivity contribution in [2.24, 2.45) is 0 Å². The van der Waals surface area contributed by atoms with E-state index in [4.69, 9.17) is 0 Å². The third-order valence-corrected chi connectivity index (χ3v) is 4.13. The molecule has 0 N–H and O–H groups in total. The normalized spacial score (nSPS) is 12.3. The number of ketones is 1. The predicted octanol–water partition coefficient (Wildman–Crippen LogP) is 3.42. The molecule has 0 unspecified atom stereocenters. The first-order chi connectivity index (χ1) is 9.34. The second kappa shape index (κ2) is 3.83. The van der Waals surface area contributed by atoms with Gasteiger partial charge in [-0.05, 0) is 29.6 Å². The molecule has 0 fully saturated rings. The van der Waals surface area contributed by atoms with Crippen LogP contribution in [0.3, 0.4) is 0 Å². The Balaban J connectivity index is 1.94. The highest BCUT2D eigenvalue weighted by atomic mass is 32.1. The van der Waals surface area contributed by atoms with Gasteiger partial charge in [0.15, 0.2) is 5.78 Å². The van der Waals surface area contributed by atoms with Gasteiger partial charge < -0.3 is 0 Å². The fourth-order valence-corrected chi connectivity index (χ4v) is 3.04. The van der Waals surface area contributed by atoms with Crippen molar-refractivity contribution in [1.29, 1.82) is 0 Å². The first-order valence-corrected chi connectivity index (χ1v) is 6.76. The summed E-state index contributed by atoms with van der Waals surface area (Å²) in [6, 6.07) is 9.52. The Bertz CT molecular complexity index is 794. The summed E-state index contributed by atoms with van der Waals surface area (Å²) in [5, 5.41) is 2.01. The molecular formula is C15H8N2OS. The molecule has 3 nitrogen and oxygen atoms in total. The maximum absolute atomic E-state index is 12.3. The van der Waals surface area contributed by atoms with Gasteiger partial charge in [0.25, 0.3) is 0 Å². The highest BCUT2D eigenvalue weighted by Gasteiger charge is 2.29. The van der Waals surface area contributed by atoms with Crippen LogP contribution in [0.4, 0.5) is 0 Å². The molecule has 3 aromatic rings. The molecule has 3 aromatic heterocycles. The zero-order valence-corrected chi connectivity index (χ0v) is 10.6. The molecule has 0 radical (unpaired) electrons. The van der Waals surface area contributed by atoms with Crippen molar-refractivity contribution in [2.75, 3.05) is 0 Å². The molecule has 4 heteroatoms. The van der Waals surface area contributed by atoms with Crippen molar-refractivity contribution in [3.05, 3.63) is 59.2 Å². The summed E-state index contributed by atoms with van der Waals surface area (Å²) in [7, 11) is 0. The predicted molar refractivity (Wildman–Crippen MR) is 74.2 cm³/mol. The number of aromatic nitrogens is 2. The van der Waals surface area contributed by atoms with E-state index in [1.807, 2.05) is 29.8 Å². The zero-order chi connectivity index (χ0) is 12.8. The van der Waals surface area contributed by atoms with Crippen LogP contribution in [0.2, 0.25) is 0 Å². The standard InChI is InChI=1S/C15H8N2OS/c18-15-10-3-1-5-16-13(10)14-11(15)7-9(8-17-14)12-4-2-6-19-12/h1-8H. The second-order valence-corrected chi connectivity index (χ2v) is 5.27. The third kappa shape index (κ3) is 1.47. The summed E-state index contributed by atoms with van der Waals surface area (Å²) in [5.41, 5.74) is 3.67. The smallest absolute Gasteiger partial charge is 0.197 e. The summed E-state index contributed by atoms with van der Waals surface area (Å²) in [6.07, 6.45) is 3.50. The highest BCUT2D eigenvalue weighted by Crippen LogP contribution is 2.35. The lowest BCUT2D eigenvalue weighted by Crippen LogP contribution is -1.95. The Hall–Kier alpha value is -2.33. The largest absolute Gasteiger partial charge is 0.288 e. The lowest BCUT2D eigenvalue weighted by molar-refractivity contribution is 0.104. The van der Waals surface area contributed by atoms with Crippen LogP contribution in [0.1, 0.15) is 15.9 Å². The Morgan fingerprint density at radius 3 is 2.74 bits per heavy atom. The van der Waals surface area contributed by atoms with Crippen molar-refractivity contribution in [3.8, 4) is 21.8 Å². The minimum Gasteiger partial charge on any atom is -0.288 e. The first-order valence-electron chi connectivity index (χ1n) is 5.88. The number of fused-ring (bicyclic) bond motifs is 3. The van der Waals surface area contributed by atoms with Crippen molar-refractivity contribution in [1.82, 2.24) is 9.97 Å². The van der Waals surface area contributed by atoms with E-state index in [1.165, 1.54) is 0 Å². The van der Waals surface area contributed by atoms with Crippen LogP contribution in [0.25, 0.3) is 21.8 Å². The number of pyridine rings is 2. The Labute approximate surface area is 113 Å². The van der Waals surface area contributed by atoms with E-state index < -0.39 is 0 Å². The van der Waals surface area contributed by atoms with Gasteiger partial charge in [0.2, 0.25) is 0 Å². The molecule has 0 atom stereocenters. The molecule has 1 aliphatic rings. The summed E-state index contributed by atoms with van der Waals surface area (Å²) < 4.78 is 0. The maximum atomic E-state index is 12.3. The average molecular weight is 264 g/mol. The van der Waals surface area contributed by atoms with E-state index in [0.29, 0.717) is 22.5 Å². The molecule has 0 aromatic carbocycles. The van der Waals surface area contributed by atoms with Gasteiger partial charge >= 0.3 is 0 Å². The van der Waals surface area contributed by atoms with Crippen LogP contribution in [0.5, 0.6) is 0 Å². The van der Waals surface area contributed by atoms with Gasteiger partial charge in [0.1, 0.15) is 11.4 Å². The van der Waals surface area contributed by atoms with Gasteiger partial charge in [-0.25, -0.2) is 0 Å². The number of thiophene rings is 1. The first kappa shape index (κ1) is 10.6. The summed E-state index contributed by atoms with van der Waals surface area (Å²) >= 11 is 1.64. The molecule has 3 heterocycles. The molecular weight excluding hydrogens is 256 g/mol. The quantitative estimate of drug-likeness (QED) is 0.529. The fraction of sp³-hybridized carbons (Fsp3) is 0. The minimum atomic E-state index is 0.0176. The zero-order valence-electron chi connectivity index (χ0n) is 9.83. The number of hydrogen-bond acceptors (Lipinski definition) is 4. The highest BCUT2D eigenvalue weighted by molar-refractivity contribution is 7.13. The molecule has 0 aliphatic heterocycles. The molecule has 0 bridgehead atoms. The van der Waals surface area contributed by atoms with Crippen LogP contribution in [0.15, 0.2) is 48.1 Å². The summed E-state index contributed by atoms with van der Waals surface area (Å²) in [6.45, 7) is 0. The number of rotatable bonds is 1. The van der Waals surface area contributed by atoms with Crippen molar-refractivity contribution < 1.29 is 4.79 Å². The van der Waals surface area contributed by atoms with Crippen molar-refractivity contribution in [2.45, 2.75) is 0 Å². The van der Waals surface area contributed by atoms with Crippen LogP contribution in [-0.4, -0.2) is 15.8 Å². The van der Waals surface area contributed by atoms with Gasteiger partial charge in [-0.1, -0.05) is 6.07 Å². The van der Waals surface area contributed by atoms with Crippen LogP contribution in [0, 0.1) is 0 Å². The van der Waals surface area contributed by atoms with Gasteiger partial charge in [-0.3, -0.25) is 14.8 Å².